The lowest BCUT2D eigenvalue weighted by Crippen LogP contribution is -2.44. The summed E-state index contributed by atoms with van der Waals surface area (Å²) in [6, 6.07) is 1.26. The highest BCUT2D eigenvalue weighted by molar-refractivity contribution is 5.15. The van der Waals surface area contributed by atoms with Crippen LogP contribution < -0.4 is 5.32 Å². The molecule has 1 rings (SSSR count). The normalized spacial score (nSPS) is 13.3. The van der Waals surface area contributed by atoms with E-state index in [0.717, 1.165) is 0 Å². The van der Waals surface area contributed by atoms with E-state index in [1.807, 2.05) is 0 Å². The molecule has 9 heteroatoms. The Balaban J connectivity index is 2.74. The summed E-state index contributed by atoms with van der Waals surface area (Å²) in [5.74, 6) is 0.227. The van der Waals surface area contributed by atoms with Crippen molar-refractivity contribution < 1.29 is 35.5 Å². The minimum absolute atomic E-state index is 0.132. The van der Waals surface area contributed by atoms with Crippen molar-refractivity contribution in [2.24, 2.45) is 0 Å². The summed E-state index contributed by atoms with van der Waals surface area (Å²) in [6.45, 7) is -0.661. The van der Waals surface area contributed by atoms with E-state index in [1.54, 1.807) is 7.05 Å². The first-order chi connectivity index (χ1) is 8.66. The maximum absolute atomic E-state index is 12.2. The van der Waals surface area contributed by atoms with Crippen molar-refractivity contribution in [3.05, 3.63) is 23.7 Å². The second kappa shape index (κ2) is 5.83. The minimum atomic E-state index is -5.51. The van der Waals surface area contributed by atoms with Crippen LogP contribution in [0.3, 0.4) is 0 Å². The predicted molar refractivity (Wildman–Crippen MR) is 52.2 cm³/mol. The molecule has 19 heavy (non-hydrogen) atoms. The number of halogens is 6. The maximum atomic E-state index is 12.2. The Hall–Kier alpha value is -1.22. The van der Waals surface area contributed by atoms with Crippen LogP contribution in [0.4, 0.5) is 26.3 Å². The second-order valence-electron chi connectivity index (χ2n) is 3.67. The Kier molecular flexibility index (Phi) is 4.86. The lowest BCUT2D eigenvalue weighted by atomic mass is 10.2. The largest absolute Gasteiger partial charge is 0.468 e. The van der Waals surface area contributed by atoms with Crippen LogP contribution in [0.5, 0.6) is 0 Å². The molecule has 0 atom stereocenters. The van der Waals surface area contributed by atoms with Crippen molar-refractivity contribution in [2.75, 3.05) is 7.05 Å². The van der Waals surface area contributed by atoms with Crippen LogP contribution >= 0.6 is 0 Å². The standard InChI is InChI=1S/C10H11F6NO2/c1-17-4-7-6(2-3-18-7)5-19-8(9(11,12)13)10(14,15)16/h2-3,8,17H,4-5H2,1H3. The molecule has 0 saturated carbocycles. The molecule has 0 aromatic carbocycles. The Bertz CT molecular complexity index is 383. The van der Waals surface area contributed by atoms with Gasteiger partial charge >= 0.3 is 12.4 Å². The lowest BCUT2D eigenvalue weighted by molar-refractivity contribution is -0.324. The zero-order valence-electron chi connectivity index (χ0n) is 9.73. The van der Waals surface area contributed by atoms with Gasteiger partial charge in [-0.05, 0) is 13.1 Å². The van der Waals surface area contributed by atoms with Gasteiger partial charge in [0.15, 0.2) is 0 Å². The topological polar surface area (TPSA) is 34.4 Å². The third-order valence-corrected chi connectivity index (χ3v) is 2.18. The first kappa shape index (κ1) is 15.8. The van der Waals surface area contributed by atoms with Crippen LogP contribution in [0.1, 0.15) is 11.3 Å². The van der Waals surface area contributed by atoms with Crippen LogP contribution in [-0.2, 0) is 17.9 Å². The number of ether oxygens (including phenoxy) is 1. The second-order valence-corrected chi connectivity index (χ2v) is 3.67. The SMILES string of the molecule is CNCc1occc1COC(C(F)(F)F)C(F)(F)F. The van der Waals surface area contributed by atoms with Gasteiger partial charge in [0.1, 0.15) is 5.76 Å². The fourth-order valence-electron chi connectivity index (χ4n) is 1.36. The van der Waals surface area contributed by atoms with E-state index in [0.29, 0.717) is 0 Å². The van der Waals surface area contributed by atoms with Gasteiger partial charge in [-0.25, -0.2) is 0 Å². The Morgan fingerprint density at radius 2 is 1.79 bits per heavy atom. The van der Waals surface area contributed by atoms with E-state index >= 15 is 0 Å². The smallest absolute Gasteiger partial charge is 0.423 e. The molecule has 0 radical (unpaired) electrons. The first-order valence-electron chi connectivity index (χ1n) is 5.11. The molecule has 1 heterocycles. The number of nitrogens with one attached hydrogen (secondary N) is 1. The maximum Gasteiger partial charge on any atom is 0.423 e. The van der Waals surface area contributed by atoms with Crippen LogP contribution in [0.25, 0.3) is 0 Å². The quantitative estimate of drug-likeness (QED) is 0.847. The van der Waals surface area contributed by atoms with Gasteiger partial charge in [-0.15, -0.1) is 0 Å². The highest BCUT2D eigenvalue weighted by atomic mass is 19.4. The number of hydrogen-bond acceptors (Lipinski definition) is 3. The summed E-state index contributed by atoms with van der Waals surface area (Å²) < 4.78 is 82.1. The minimum Gasteiger partial charge on any atom is -0.468 e. The van der Waals surface area contributed by atoms with E-state index in [-0.39, 0.29) is 17.9 Å². The van der Waals surface area contributed by atoms with E-state index < -0.39 is 25.1 Å². The van der Waals surface area contributed by atoms with E-state index in [4.69, 9.17) is 4.42 Å². The molecule has 1 N–H and O–H groups in total. The fourth-order valence-corrected chi connectivity index (χ4v) is 1.36. The zero-order chi connectivity index (χ0) is 14.7. The fraction of sp³-hybridized carbons (Fsp3) is 0.600. The molecule has 0 unspecified atom stereocenters. The molecular weight excluding hydrogens is 280 g/mol. The van der Waals surface area contributed by atoms with E-state index in [2.05, 4.69) is 10.1 Å². The molecule has 110 valence electrons. The molecule has 3 nitrogen and oxygen atoms in total. The molecule has 0 fully saturated rings. The van der Waals surface area contributed by atoms with Crippen LogP contribution in [0.2, 0.25) is 0 Å². The Morgan fingerprint density at radius 3 is 2.26 bits per heavy atom. The molecular formula is C10H11F6NO2. The first-order valence-corrected chi connectivity index (χ1v) is 5.11. The number of hydrogen-bond donors (Lipinski definition) is 1. The van der Waals surface area contributed by atoms with Crippen LogP contribution in [0, 0.1) is 0 Å². The van der Waals surface area contributed by atoms with Crippen molar-refractivity contribution in [3.8, 4) is 0 Å². The van der Waals surface area contributed by atoms with Gasteiger partial charge in [0, 0.05) is 5.56 Å². The molecule has 0 aliphatic rings. The number of rotatable bonds is 5. The van der Waals surface area contributed by atoms with Crippen molar-refractivity contribution >= 4 is 0 Å². The van der Waals surface area contributed by atoms with E-state index in [1.165, 1.54) is 12.3 Å². The summed E-state index contributed by atoms with van der Waals surface area (Å²) in [5.41, 5.74) is 0.132. The highest BCUT2D eigenvalue weighted by Crippen LogP contribution is 2.36. The van der Waals surface area contributed by atoms with Gasteiger partial charge in [0.25, 0.3) is 0 Å². The van der Waals surface area contributed by atoms with Gasteiger partial charge in [-0.3, -0.25) is 0 Å². The third kappa shape index (κ3) is 4.43. The highest BCUT2D eigenvalue weighted by Gasteiger charge is 2.58. The summed E-state index contributed by atoms with van der Waals surface area (Å²) in [7, 11) is 1.56. The molecule has 0 amide bonds. The average Bonchev–Trinajstić information content (AvgIpc) is 2.62. The molecule has 0 aliphatic carbocycles. The Morgan fingerprint density at radius 1 is 1.21 bits per heavy atom. The zero-order valence-corrected chi connectivity index (χ0v) is 9.73. The molecule has 0 saturated heterocycles. The van der Waals surface area contributed by atoms with Crippen molar-refractivity contribution in [3.63, 3.8) is 0 Å². The average molecular weight is 291 g/mol. The lowest BCUT2D eigenvalue weighted by Gasteiger charge is -2.23. The summed E-state index contributed by atoms with van der Waals surface area (Å²) in [6.07, 6.45) is -13.7. The summed E-state index contributed by atoms with van der Waals surface area (Å²) >= 11 is 0. The molecule has 0 spiro atoms. The van der Waals surface area contributed by atoms with Crippen molar-refractivity contribution in [1.29, 1.82) is 0 Å². The van der Waals surface area contributed by atoms with Gasteiger partial charge in [0.05, 0.1) is 19.4 Å². The molecule has 1 aromatic heterocycles. The monoisotopic (exact) mass is 291 g/mol. The van der Waals surface area contributed by atoms with Crippen LogP contribution in [0.15, 0.2) is 16.7 Å². The Labute approximate surface area is 104 Å². The summed E-state index contributed by atoms with van der Waals surface area (Å²) in [5, 5.41) is 2.66. The number of furan rings is 1. The molecule has 0 aliphatic heterocycles. The third-order valence-electron chi connectivity index (χ3n) is 2.18. The summed E-state index contributed by atoms with van der Waals surface area (Å²) in [4.78, 5) is 0. The predicted octanol–water partition coefficient (Wildman–Crippen LogP) is 3.01. The van der Waals surface area contributed by atoms with Gasteiger partial charge in [-0.2, -0.15) is 26.3 Å². The van der Waals surface area contributed by atoms with Crippen molar-refractivity contribution in [1.82, 2.24) is 5.32 Å². The molecule has 0 bridgehead atoms. The van der Waals surface area contributed by atoms with Crippen LogP contribution in [-0.4, -0.2) is 25.5 Å². The van der Waals surface area contributed by atoms with Gasteiger partial charge < -0.3 is 14.5 Å². The van der Waals surface area contributed by atoms with E-state index in [9.17, 15) is 26.3 Å². The van der Waals surface area contributed by atoms with Gasteiger partial charge in [-0.1, -0.05) is 0 Å². The van der Waals surface area contributed by atoms with Crippen molar-refractivity contribution in [2.45, 2.75) is 31.6 Å². The molecule has 1 aromatic rings. The van der Waals surface area contributed by atoms with Gasteiger partial charge in [0.2, 0.25) is 6.10 Å². The number of alkyl halides is 6.